The lowest BCUT2D eigenvalue weighted by atomic mass is 10.0. The highest BCUT2D eigenvalue weighted by Crippen LogP contribution is 2.14. The minimum Gasteiger partial charge on any atom is -0.508 e. The Morgan fingerprint density at radius 3 is 2.36 bits per heavy atom. The van der Waals surface area contributed by atoms with Crippen LogP contribution in [0.5, 0.6) is 5.75 Å². The zero-order valence-corrected chi connectivity index (χ0v) is 18.3. The maximum Gasteiger partial charge on any atom is 0.354 e. The molecule has 0 aromatic heterocycles. The number of amides is 2. The van der Waals surface area contributed by atoms with Crippen molar-refractivity contribution < 1.29 is 24.2 Å². The van der Waals surface area contributed by atoms with Crippen molar-refractivity contribution in [1.29, 1.82) is 0 Å². The number of carbonyl (C=O) groups is 3. The fraction of sp³-hybridized carbons (Fsp3) is 0.115. The lowest BCUT2D eigenvalue weighted by Crippen LogP contribution is -2.29. The number of aryl methyl sites for hydroxylation is 1. The number of esters is 1. The maximum absolute atomic E-state index is 12.8. The number of nitrogens with one attached hydrogen (secondary N) is 2. The number of carbonyl (C=O) groups excluding carboxylic acids is 3. The standard InChI is InChI=1S/C26H24N2O5/c1-17-13-20(24(30)27-16-19-9-6-10-21(29)14-19)11-12-22(17)25(31)28-23(26(32)33-2)15-18-7-4-3-5-8-18/h3-15,29H,16H2,1-2H3,(H,27,30)(H,28,31). The zero-order valence-electron chi connectivity index (χ0n) is 18.3. The van der Waals surface area contributed by atoms with Gasteiger partial charge >= 0.3 is 5.97 Å². The average Bonchev–Trinajstić information content (AvgIpc) is 2.82. The second kappa shape index (κ2) is 10.8. The van der Waals surface area contributed by atoms with Gasteiger partial charge in [0.15, 0.2) is 0 Å². The van der Waals surface area contributed by atoms with Gasteiger partial charge in [-0.3, -0.25) is 9.59 Å². The summed E-state index contributed by atoms with van der Waals surface area (Å²) in [4.78, 5) is 37.5. The van der Waals surface area contributed by atoms with Crippen LogP contribution in [0.3, 0.4) is 0 Å². The third-order valence-electron chi connectivity index (χ3n) is 4.86. The van der Waals surface area contributed by atoms with Crippen molar-refractivity contribution in [1.82, 2.24) is 10.6 Å². The molecular weight excluding hydrogens is 420 g/mol. The SMILES string of the molecule is COC(=O)C(=Cc1ccccc1)NC(=O)c1ccc(C(=O)NCc2cccc(O)c2)cc1C. The monoisotopic (exact) mass is 444 g/mol. The minimum atomic E-state index is -0.673. The summed E-state index contributed by atoms with van der Waals surface area (Å²) >= 11 is 0. The van der Waals surface area contributed by atoms with Crippen molar-refractivity contribution in [3.8, 4) is 5.75 Å². The number of phenolic OH excluding ortho intramolecular Hbond substituents is 1. The molecule has 0 bridgehead atoms. The molecule has 0 aliphatic heterocycles. The number of hydrogen-bond donors (Lipinski definition) is 3. The maximum atomic E-state index is 12.8. The third kappa shape index (κ3) is 6.30. The van der Waals surface area contributed by atoms with Crippen LogP contribution in [0.15, 0.2) is 78.5 Å². The van der Waals surface area contributed by atoms with Gasteiger partial charge in [-0.25, -0.2) is 4.79 Å². The molecule has 0 unspecified atom stereocenters. The van der Waals surface area contributed by atoms with Gasteiger partial charge in [0.25, 0.3) is 11.8 Å². The van der Waals surface area contributed by atoms with E-state index in [9.17, 15) is 19.5 Å². The Morgan fingerprint density at radius 2 is 1.70 bits per heavy atom. The Labute approximate surface area is 191 Å². The van der Waals surface area contributed by atoms with Crippen LogP contribution in [-0.4, -0.2) is 30.0 Å². The molecule has 3 aromatic rings. The molecule has 0 aliphatic rings. The highest BCUT2D eigenvalue weighted by atomic mass is 16.5. The van der Waals surface area contributed by atoms with Gasteiger partial charge in [0.1, 0.15) is 11.4 Å². The number of rotatable bonds is 7. The summed E-state index contributed by atoms with van der Waals surface area (Å²) in [6.07, 6.45) is 1.53. The van der Waals surface area contributed by atoms with Crippen molar-refractivity contribution in [3.05, 3.63) is 106 Å². The Bertz CT molecular complexity index is 1200. The van der Waals surface area contributed by atoms with Crippen molar-refractivity contribution >= 4 is 23.9 Å². The van der Waals surface area contributed by atoms with E-state index in [1.54, 1.807) is 55.5 Å². The predicted octanol–water partition coefficient (Wildman–Crippen LogP) is 3.57. The van der Waals surface area contributed by atoms with E-state index in [4.69, 9.17) is 4.74 Å². The van der Waals surface area contributed by atoms with Gasteiger partial charge in [0.2, 0.25) is 0 Å². The molecule has 7 heteroatoms. The first kappa shape index (κ1) is 23.3. The van der Waals surface area contributed by atoms with Crippen LogP contribution in [0.1, 0.15) is 37.4 Å². The van der Waals surface area contributed by atoms with Gasteiger partial charge in [-0.05, 0) is 60.0 Å². The lowest BCUT2D eigenvalue weighted by Gasteiger charge is -2.12. The molecule has 33 heavy (non-hydrogen) atoms. The first-order valence-electron chi connectivity index (χ1n) is 10.2. The molecule has 0 aliphatic carbocycles. The van der Waals surface area contributed by atoms with Gasteiger partial charge in [0, 0.05) is 17.7 Å². The summed E-state index contributed by atoms with van der Waals surface area (Å²) in [5.74, 6) is -1.35. The van der Waals surface area contributed by atoms with Gasteiger partial charge in [-0.1, -0.05) is 42.5 Å². The van der Waals surface area contributed by atoms with E-state index in [1.807, 2.05) is 18.2 Å². The highest BCUT2D eigenvalue weighted by molar-refractivity contribution is 6.04. The second-order valence-corrected chi connectivity index (χ2v) is 7.30. The molecule has 0 spiro atoms. The normalized spacial score (nSPS) is 10.9. The molecule has 3 aromatic carbocycles. The quantitative estimate of drug-likeness (QED) is 0.382. The average molecular weight is 444 g/mol. The van der Waals surface area contributed by atoms with Crippen molar-refractivity contribution in [2.24, 2.45) is 0 Å². The van der Waals surface area contributed by atoms with E-state index >= 15 is 0 Å². The first-order chi connectivity index (χ1) is 15.9. The molecule has 0 heterocycles. The highest BCUT2D eigenvalue weighted by Gasteiger charge is 2.17. The first-order valence-corrected chi connectivity index (χ1v) is 10.2. The van der Waals surface area contributed by atoms with Crippen molar-refractivity contribution in [2.75, 3.05) is 7.11 Å². The smallest absolute Gasteiger partial charge is 0.354 e. The second-order valence-electron chi connectivity index (χ2n) is 7.30. The third-order valence-corrected chi connectivity index (χ3v) is 4.86. The zero-order chi connectivity index (χ0) is 23.8. The van der Waals surface area contributed by atoms with Crippen LogP contribution in [0, 0.1) is 6.92 Å². The van der Waals surface area contributed by atoms with Gasteiger partial charge < -0.3 is 20.5 Å². The Hall–Kier alpha value is -4.39. The van der Waals surface area contributed by atoms with Crippen molar-refractivity contribution in [3.63, 3.8) is 0 Å². The molecule has 3 N–H and O–H groups in total. The van der Waals surface area contributed by atoms with Crippen LogP contribution in [0.2, 0.25) is 0 Å². The number of aromatic hydroxyl groups is 1. The Balaban J connectivity index is 1.72. The van der Waals surface area contributed by atoms with Gasteiger partial charge in [-0.15, -0.1) is 0 Å². The van der Waals surface area contributed by atoms with E-state index in [-0.39, 0.29) is 23.9 Å². The predicted molar refractivity (Wildman–Crippen MR) is 124 cm³/mol. The number of methoxy groups -OCH3 is 1. The molecule has 168 valence electrons. The molecule has 0 saturated carbocycles. The topological polar surface area (TPSA) is 105 Å². The molecular formula is C26H24N2O5. The Kier molecular flexibility index (Phi) is 7.60. The molecule has 3 rings (SSSR count). The summed E-state index contributed by atoms with van der Waals surface area (Å²) in [6.45, 7) is 1.96. The summed E-state index contributed by atoms with van der Waals surface area (Å²) in [5, 5.41) is 14.9. The van der Waals surface area contributed by atoms with E-state index in [1.165, 1.54) is 19.3 Å². The number of benzene rings is 3. The van der Waals surface area contributed by atoms with Crippen LogP contribution in [-0.2, 0) is 16.1 Å². The largest absolute Gasteiger partial charge is 0.508 e. The fourth-order valence-electron chi connectivity index (χ4n) is 3.17. The molecule has 7 nitrogen and oxygen atoms in total. The summed E-state index contributed by atoms with van der Waals surface area (Å²) < 4.78 is 4.78. The Morgan fingerprint density at radius 1 is 0.939 bits per heavy atom. The van der Waals surface area contributed by atoms with E-state index in [0.717, 1.165) is 11.1 Å². The lowest BCUT2D eigenvalue weighted by molar-refractivity contribution is -0.136. The number of hydrogen-bond acceptors (Lipinski definition) is 5. The van der Waals surface area contributed by atoms with E-state index < -0.39 is 11.9 Å². The molecule has 0 atom stereocenters. The molecule has 0 fully saturated rings. The molecule has 0 saturated heterocycles. The van der Waals surface area contributed by atoms with Gasteiger partial charge in [0.05, 0.1) is 7.11 Å². The summed E-state index contributed by atoms with van der Waals surface area (Å²) in [6, 6.07) is 20.4. The van der Waals surface area contributed by atoms with E-state index in [0.29, 0.717) is 16.7 Å². The molecule has 0 radical (unpaired) electrons. The van der Waals surface area contributed by atoms with Gasteiger partial charge in [-0.2, -0.15) is 0 Å². The van der Waals surface area contributed by atoms with Crippen LogP contribution >= 0.6 is 0 Å². The molecule has 2 amide bonds. The summed E-state index contributed by atoms with van der Waals surface area (Å²) in [7, 11) is 1.24. The van der Waals surface area contributed by atoms with Crippen LogP contribution in [0.25, 0.3) is 6.08 Å². The van der Waals surface area contributed by atoms with Crippen LogP contribution < -0.4 is 10.6 Å². The van der Waals surface area contributed by atoms with Crippen molar-refractivity contribution in [2.45, 2.75) is 13.5 Å². The number of phenols is 1. The van der Waals surface area contributed by atoms with Crippen LogP contribution in [0.4, 0.5) is 0 Å². The van der Waals surface area contributed by atoms with E-state index in [2.05, 4.69) is 10.6 Å². The minimum absolute atomic E-state index is 0.000957. The number of ether oxygens (including phenoxy) is 1. The summed E-state index contributed by atoms with van der Waals surface area (Å²) in [5.41, 5.74) is 2.77. The fourth-order valence-corrected chi connectivity index (χ4v) is 3.17.